The zero-order valence-electron chi connectivity index (χ0n) is 16.7. The van der Waals surface area contributed by atoms with Crippen LogP contribution >= 0.6 is 0 Å². The summed E-state index contributed by atoms with van der Waals surface area (Å²) in [5.41, 5.74) is -0.113. The fourth-order valence-electron chi connectivity index (χ4n) is 2.99. The van der Waals surface area contributed by atoms with E-state index in [4.69, 9.17) is 18.9 Å². The Morgan fingerprint density at radius 1 is 0.938 bits per heavy atom. The van der Waals surface area contributed by atoms with E-state index in [1.807, 2.05) is 0 Å². The molecule has 0 aliphatic carbocycles. The van der Waals surface area contributed by atoms with Crippen LogP contribution in [0.25, 0.3) is 0 Å². The second-order valence-corrected chi connectivity index (χ2v) is 6.73. The number of ether oxygens (including phenoxy) is 4. The topological polar surface area (TPSA) is 157 Å². The van der Waals surface area contributed by atoms with Gasteiger partial charge in [-0.25, -0.2) is 9.59 Å². The molecule has 12 heteroatoms. The minimum Gasteiger partial charge on any atom is -0.459 e. The van der Waals surface area contributed by atoms with Gasteiger partial charge in [-0.2, -0.15) is 0 Å². The smallest absolute Gasteiger partial charge is 0.338 e. The Kier molecular flexibility index (Phi) is 7.07. The summed E-state index contributed by atoms with van der Waals surface area (Å²) in [6.07, 6.45) is -2.11. The third-order valence-corrected chi connectivity index (χ3v) is 4.69. The number of esters is 2. The molecule has 1 fully saturated rings. The Labute approximate surface area is 180 Å². The van der Waals surface area contributed by atoms with Gasteiger partial charge in [0.2, 0.25) is 0 Å². The van der Waals surface area contributed by atoms with Crippen LogP contribution < -0.4 is 0 Å². The first-order chi connectivity index (χ1) is 15.3. The van der Waals surface area contributed by atoms with Gasteiger partial charge in [0.1, 0.15) is 18.8 Å². The first-order valence-corrected chi connectivity index (χ1v) is 9.33. The Morgan fingerprint density at radius 3 is 1.91 bits per heavy atom. The molecule has 12 nitrogen and oxygen atoms in total. The molecule has 1 aliphatic heterocycles. The molecule has 0 aromatic heterocycles. The predicted molar refractivity (Wildman–Crippen MR) is 106 cm³/mol. The van der Waals surface area contributed by atoms with Crippen LogP contribution in [0.15, 0.2) is 48.5 Å². The van der Waals surface area contributed by atoms with Crippen molar-refractivity contribution in [1.29, 1.82) is 0 Å². The molecule has 1 aliphatic rings. The SMILES string of the molecule is CO[C@@H]1C[C@@H](OC(=O)c2ccc([N+](=O)[O-])cc2)[C@H](COC(=O)c2ccc([N+](=O)[O-])cc2)O1. The van der Waals surface area contributed by atoms with Gasteiger partial charge in [-0.3, -0.25) is 20.2 Å². The average Bonchev–Trinajstić information content (AvgIpc) is 3.19. The molecular formula is C20H18N2O10. The summed E-state index contributed by atoms with van der Waals surface area (Å²) in [4.78, 5) is 44.9. The van der Waals surface area contributed by atoms with E-state index in [9.17, 15) is 29.8 Å². The van der Waals surface area contributed by atoms with Gasteiger partial charge in [-0.15, -0.1) is 0 Å². The van der Waals surface area contributed by atoms with Crippen LogP contribution in [0.2, 0.25) is 0 Å². The monoisotopic (exact) mass is 446 g/mol. The highest BCUT2D eigenvalue weighted by atomic mass is 16.7. The van der Waals surface area contributed by atoms with Crippen LogP contribution in [0.4, 0.5) is 11.4 Å². The van der Waals surface area contributed by atoms with E-state index >= 15 is 0 Å². The fraction of sp³-hybridized carbons (Fsp3) is 0.300. The Morgan fingerprint density at radius 2 is 1.44 bits per heavy atom. The number of benzene rings is 2. The fourth-order valence-corrected chi connectivity index (χ4v) is 2.99. The molecule has 168 valence electrons. The number of rotatable bonds is 8. The molecule has 0 bridgehead atoms. The van der Waals surface area contributed by atoms with Gasteiger partial charge in [0, 0.05) is 37.8 Å². The van der Waals surface area contributed by atoms with Crippen LogP contribution in [-0.4, -0.2) is 54.0 Å². The molecule has 32 heavy (non-hydrogen) atoms. The lowest BCUT2D eigenvalue weighted by Gasteiger charge is -2.18. The van der Waals surface area contributed by atoms with E-state index in [0.717, 1.165) is 0 Å². The Hall–Kier alpha value is -3.90. The van der Waals surface area contributed by atoms with Crippen molar-refractivity contribution in [3.63, 3.8) is 0 Å². The quantitative estimate of drug-likeness (QED) is 0.335. The number of carbonyl (C=O) groups is 2. The molecule has 1 heterocycles. The molecule has 0 amide bonds. The van der Waals surface area contributed by atoms with Gasteiger partial charge >= 0.3 is 11.9 Å². The number of carbonyl (C=O) groups excluding carboxylic acids is 2. The van der Waals surface area contributed by atoms with Gasteiger partial charge in [-0.05, 0) is 24.3 Å². The molecule has 0 spiro atoms. The number of hydrogen-bond acceptors (Lipinski definition) is 10. The zero-order chi connectivity index (χ0) is 23.3. The molecule has 1 saturated heterocycles. The van der Waals surface area contributed by atoms with Crippen LogP contribution in [0.1, 0.15) is 27.1 Å². The summed E-state index contributed by atoms with van der Waals surface area (Å²) in [5.74, 6) is -1.46. The maximum Gasteiger partial charge on any atom is 0.338 e. The first kappa shape index (κ1) is 22.8. The van der Waals surface area contributed by atoms with Crippen molar-refractivity contribution in [2.45, 2.75) is 24.9 Å². The van der Waals surface area contributed by atoms with E-state index in [0.29, 0.717) is 0 Å². The molecule has 0 unspecified atom stereocenters. The van der Waals surface area contributed by atoms with Crippen molar-refractivity contribution in [2.24, 2.45) is 0 Å². The summed E-state index contributed by atoms with van der Waals surface area (Å²) in [6, 6.07) is 9.80. The second-order valence-electron chi connectivity index (χ2n) is 6.73. The van der Waals surface area contributed by atoms with Crippen molar-refractivity contribution in [1.82, 2.24) is 0 Å². The summed E-state index contributed by atoms with van der Waals surface area (Å²) < 4.78 is 21.4. The van der Waals surface area contributed by atoms with Crippen LogP contribution in [0.5, 0.6) is 0 Å². The van der Waals surface area contributed by atoms with Crippen LogP contribution in [0, 0.1) is 20.2 Å². The summed E-state index contributed by atoms with van der Waals surface area (Å²) in [5, 5.41) is 21.4. The maximum atomic E-state index is 12.4. The molecule has 2 aromatic rings. The van der Waals surface area contributed by atoms with E-state index in [1.165, 1.54) is 55.6 Å². The van der Waals surface area contributed by atoms with Gasteiger partial charge in [0.25, 0.3) is 11.4 Å². The van der Waals surface area contributed by atoms with Gasteiger partial charge in [0.05, 0.1) is 21.0 Å². The Balaban J connectivity index is 1.61. The van der Waals surface area contributed by atoms with Crippen LogP contribution in [0.3, 0.4) is 0 Å². The van der Waals surface area contributed by atoms with E-state index < -0.39 is 40.3 Å². The third-order valence-electron chi connectivity index (χ3n) is 4.69. The van der Waals surface area contributed by atoms with E-state index in [2.05, 4.69) is 0 Å². The summed E-state index contributed by atoms with van der Waals surface area (Å²) in [7, 11) is 1.41. The average molecular weight is 446 g/mol. The number of nitrogens with zero attached hydrogens (tertiary/aromatic N) is 2. The first-order valence-electron chi connectivity index (χ1n) is 9.33. The summed E-state index contributed by atoms with van der Waals surface area (Å²) in [6.45, 7) is -0.256. The number of hydrogen-bond donors (Lipinski definition) is 0. The third kappa shape index (κ3) is 5.42. The van der Waals surface area contributed by atoms with Gasteiger partial charge in [-0.1, -0.05) is 0 Å². The highest BCUT2D eigenvalue weighted by molar-refractivity contribution is 5.90. The molecular weight excluding hydrogens is 428 g/mol. The normalized spacial score (nSPS) is 19.8. The standard InChI is InChI=1S/C20H18N2O10/c1-29-18-10-16(32-20(24)13-4-8-15(9-5-13)22(27)28)17(31-18)11-30-19(23)12-2-6-14(7-3-12)21(25)26/h2-9,16-18H,10-11H2,1H3/t16-,17+,18+/m1/s1. The lowest BCUT2D eigenvalue weighted by molar-refractivity contribution is -0.385. The molecule has 3 rings (SSSR count). The summed E-state index contributed by atoms with van der Waals surface area (Å²) >= 11 is 0. The maximum absolute atomic E-state index is 12.4. The van der Waals surface area contributed by atoms with Crippen molar-refractivity contribution in [3.05, 3.63) is 79.9 Å². The molecule has 2 aromatic carbocycles. The Bertz CT molecular complexity index is 1010. The van der Waals surface area contributed by atoms with Gasteiger partial charge in [0.15, 0.2) is 6.29 Å². The predicted octanol–water partition coefficient (Wildman–Crippen LogP) is 2.65. The number of methoxy groups -OCH3 is 1. The minimum absolute atomic E-state index is 0.108. The highest BCUT2D eigenvalue weighted by Crippen LogP contribution is 2.26. The highest BCUT2D eigenvalue weighted by Gasteiger charge is 2.39. The minimum atomic E-state index is -0.816. The molecule has 0 radical (unpaired) electrons. The molecule has 0 saturated carbocycles. The number of nitro benzene ring substituents is 2. The largest absolute Gasteiger partial charge is 0.459 e. The molecule has 0 N–H and O–H groups in total. The number of non-ortho nitro benzene ring substituents is 2. The van der Waals surface area contributed by atoms with Crippen molar-refractivity contribution in [2.75, 3.05) is 13.7 Å². The van der Waals surface area contributed by atoms with Gasteiger partial charge < -0.3 is 18.9 Å². The lowest BCUT2D eigenvalue weighted by Crippen LogP contribution is -2.32. The number of nitro groups is 2. The van der Waals surface area contributed by atoms with Crippen molar-refractivity contribution < 1.29 is 38.4 Å². The second kappa shape index (κ2) is 9.94. The lowest BCUT2D eigenvalue weighted by atomic mass is 10.1. The molecule has 3 atom stereocenters. The zero-order valence-corrected chi connectivity index (χ0v) is 16.7. The van der Waals surface area contributed by atoms with Crippen LogP contribution in [-0.2, 0) is 18.9 Å². The van der Waals surface area contributed by atoms with Crippen molar-refractivity contribution in [3.8, 4) is 0 Å². The van der Waals surface area contributed by atoms with E-state index in [-0.39, 0.29) is 35.5 Å². The van der Waals surface area contributed by atoms with E-state index in [1.54, 1.807) is 0 Å². The van der Waals surface area contributed by atoms with Crippen molar-refractivity contribution >= 4 is 23.3 Å².